The molecule has 2 fully saturated rings. The minimum Gasteiger partial charge on any atom is -0.338 e. The lowest BCUT2D eigenvalue weighted by atomic mass is 9.86. The minimum atomic E-state index is -0.102. The van der Waals surface area contributed by atoms with Crippen LogP contribution in [0.15, 0.2) is 37.4 Å². The number of halogens is 2. The van der Waals surface area contributed by atoms with Crippen LogP contribution in [-0.4, -0.2) is 74.0 Å². The number of carbonyl (C=O) groups excluding carboxylic acids is 2. The minimum absolute atomic E-state index is 0.0249. The van der Waals surface area contributed by atoms with E-state index in [-0.39, 0.29) is 34.2 Å². The highest BCUT2D eigenvalue weighted by atomic mass is 35.5. The smallest absolute Gasteiger partial charge is 0.245 e. The molecule has 4 heterocycles. The van der Waals surface area contributed by atoms with Crippen LogP contribution in [0.2, 0.25) is 10.2 Å². The second-order valence-corrected chi connectivity index (χ2v) is 13.0. The van der Waals surface area contributed by atoms with Gasteiger partial charge in [-0.05, 0) is 42.0 Å². The van der Waals surface area contributed by atoms with Crippen LogP contribution < -0.4 is 0 Å². The number of aromatic amines is 1. The molecule has 2 aromatic heterocycles. The van der Waals surface area contributed by atoms with Crippen LogP contribution >= 0.6 is 23.2 Å². The van der Waals surface area contributed by atoms with Crippen molar-refractivity contribution in [3.05, 3.63) is 70.4 Å². The Morgan fingerprint density at radius 1 is 1.15 bits per heavy atom. The molecule has 1 N–H and O–H groups in total. The van der Waals surface area contributed by atoms with Gasteiger partial charge in [-0.25, -0.2) is 4.98 Å². The van der Waals surface area contributed by atoms with Crippen LogP contribution in [0.4, 0.5) is 0 Å². The first-order valence-electron chi connectivity index (χ1n) is 14.2. The largest absolute Gasteiger partial charge is 0.338 e. The van der Waals surface area contributed by atoms with Gasteiger partial charge in [0.15, 0.2) is 10.9 Å². The number of hydrogen-bond donors (Lipinski definition) is 1. The van der Waals surface area contributed by atoms with E-state index in [1.807, 2.05) is 12.1 Å². The highest BCUT2D eigenvalue weighted by Gasteiger charge is 2.35. The fraction of sp³-hybridized carbons (Fsp3) is 0.484. The number of hydrogen-bond acceptors (Lipinski definition) is 5. The topological polar surface area (TPSA) is 87.1 Å². The molecule has 2 aliphatic rings. The van der Waals surface area contributed by atoms with Gasteiger partial charge in [-0.15, -0.1) is 6.58 Å². The zero-order chi connectivity index (χ0) is 29.5. The van der Waals surface area contributed by atoms with Gasteiger partial charge in [-0.2, -0.15) is 5.10 Å². The average molecular weight is 598 g/mol. The number of nitrogens with one attached hydrogen (secondary N) is 1. The molecule has 8 nitrogen and oxygen atoms in total. The van der Waals surface area contributed by atoms with E-state index in [4.69, 9.17) is 28.2 Å². The van der Waals surface area contributed by atoms with Gasteiger partial charge in [0.25, 0.3) is 0 Å². The molecule has 0 spiro atoms. The molecule has 1 atom stereocenters. The summed E-state index contributed by atoms with van der Waals surface area (Å²) in [5.74, 6) is 0.780. The van der Waals surface area contributed by atoms with Crippen LogP contribution in [0.5, 0.6) is 0 Å². The van der Waals surface area contributed by atoms with Gasteiger partial charge in [0.1, 0.15) is 11.5 Å². The predicted octanol–water partition coefficient (Wildman–Crippen LogP) is 5.80. The lowest BCUT2D eigenvalue weighted by molar-refractivity contribution is -0.132. The van der Waals surface area contributed by atoms with E-state index in [1.54, 1.807) is 4.90 Å². The van der Waals surface area contributed by atoms with Gasteiger partial charge in [-0.3, -0.25) is 19.6 Å². The molecule has 0 bridgehead atoms. The molecule has 0 radical (unpaired) electrons. The predicted molar refractivity (Wildman–Crippen MR) is 164 cm³/mol. The zero-order valence-electron chi connectivity index (χ0n) is 24.1. The lowest BCUT2D eigenvalue weighted by Crippen LogP contribution is -2.50. The van der Waals surface area contributed by atoms with Crippen molar-refractivity contribution in [2.75, 3.05) is 32.7 Å². The third-order valence-corrected chi connectivity index (χ3v) is 8.83. The van der Waals surface area contributed by atoms with Gasteiger partial charge >= 0.3 is 0 Å². The SMILES string of the molecule is C=CCN1CC[C@@H](n2c(CCc3[nH]nc4cc(Cl)c(C(C)(C)C)cc34)nc(Cl)c2C(=O)CC2CN(C(=O)C=C)C2)C1. The Morgan fingerprint density at radius 2 is 1.90 bits per heavy atom. The van der Waals surface area contributed by atoms with Crippen LogP contribution in [0.1, 0.15) is 67.2 Å². The molecule has 2 aliphatic heterocycles. The molecule has 3 aromatic rings. The van der Waals surface area contributed by atoms with Gasteiger partial charge in [0.2, 0.25) is 5.91 Å². The van der Waals surface area contributed by atoms with Crippen molar-refractivity contribution in [2.45, 2.75) is 57.9 Å². The summed E-state index contributed by atoms with van der Waals surface area (Å²) in [6, 6.07) is 4.14. The monoisotopic (exact) mass is 596 g/mol. The third kappa shape index (κ3) is 6.01. The highest BCUT2D eigenvalue weighted by molar-refractivity contribution is 6.32. The summed E-state index contributed by atoms with van der Waals surface area (Å²) in [6.07, 6.45) is 5.71. The molecule has 0 aliphatic carbocycles. The molecule has 5 rings (SSSR count). The molecule has 41 heavy (non-hydrogen) atoms. The molecular weight excluding hydrogens is 559 g/mol. The van der Waals surface area contributed by atoms with Crippen molar-refractivity contribution in [1.29, 1.82) is 0 Å². The molecule has 0 saturated carbocycles. The van der Waals surface area contributed by atoms with Crippen molar-refractivity contribution in [3.63, 3.8) is 0 Å². The normalized spacial score (nSPS) is 18.2. The molecule has 1 aromatic carbocycles. The number of imidazole rings is 1. The Morgan fingerprint density at radius 3 is 2.59 bits per heavy atom. The van der Waals surface area contributed by atoms with E-state index >= 15 is 0 Å². The molecule has 1 amide bonds. The number of ketones is 1. The maximum atomic E-state index is 13.7. The van der Waals surface area contributed by atoms with Crippen molar-refractivity contribution in [2.24, 2.45) is 5.92 Å². The molecule has 0 unspecified atom stereocenters. The summed E-state index contributed by atoms with van der Waals surface area (Å²) in [5.41, 5.74) is 3.29. The quantitative estimate of drug-likeness (QED) is 0.181. The van der Waals surface area contributed by atoms with Crippen molar-refractivity contribution >= 4 is 45.8 Å². The third-order valence-electron chi connectivity index (χ3n) is 8.25. The van der Waals surface area contributed by atoms with Crippen molar-refractivity contribution < 1.29 is 9.59 Å². The van der Waals surface area contributed by atoms with E-state index in [9.17, 15) is 9.59 Å². The fourth-order valence-electron chi connectivity index (χ4n) is 6.09. The number of H-pyrrole nitrogens is 1. The Balaban J connectivity index is 1.41. The number of amides is 1. The van der Waals surface area contributed by atoms with Crippen molar-refractivity contribution in [1.82, 2.24) is 29.5 Å². The number of aryl methyl sites for hydroxylation is 2. The van der Waals surface area contributed by atoms with Crippen LogP contribution in [0, 0.1) is 5.92 Å². The first-order chi connectivity index (χ1) is 19.5. The van der Waals surface area contributed by atoms with Gasteiger partial charge in [-0.1, -0.05) is 56.6 Å². The number of nitrogens with zero attached hydrogens (tertiary/aromatic N) is 5. The fourth-order valence-corrected chi connectivity index (χ4v) is 6.83. The zero-order valence-corrected chi connectivity index (χ0v) is 25.6. The van der Waals surface area contributed by atoms with Crippen LogP contribution in [-0.2, 0) is 23.1 Å². The highest BCUT2D eigenvalue weighted by Crippen LogP contribution is 2.35. The molecule has 10 heteroatoms. The number of fused-ring (bicyclic) bond motifs is 1. The van der Waals surface area contributed by atoms with Gasteiger partial charge < -0.3 is 9.47 Å². The van der Waals surface area contributed by atoms with E-state index < -0.39 is 0 Å². The average Bonchev–Trinajstić information content (AvgIpc) is 3.59. The van der Waals surface area contributed by atoms with E-state index in [0.29, 0.717) is 43.1 Å². The summed E-state index contributed by atoms with van der Waals surface area (Å²) in [5, 5.41) is 9.71. The maximum absolute atomic E-state index is 13.7. The van der Waals surface area contributed by atoms with Gasteiger partial charge in [0.05, 0.1) is 5.52 Å². The number of aromatic nitrogens is 4. The lowest BCUT2D eigenvalue weighted by Gasteiger charge is -2.38. The second kappa shape index (κ2) is 11.7. The Kier molecular flexibility index (Phi) is 8.46. The van der Waals surface area contributed by atoms with Crippen molar-refractivity contribution in [3.8, 4) is 0 Å². The summed E-state index contributed by atoms with van der Waals surface area (Å²) in [7, 11) is 0. The standard InChI is InChI=1S/C31H38Cl2N6O2/c1-6-11-37-12-10-20(18-37)39-27(34-30(33)29(39)26(40)13-19-16-38(17-19)28(41)7-2)9-8-24-21-14-22(31(3,4)5)23(32)15-25(21)36-35-24/h6-7,14-15,19-20H,1-2,8-13,16-18H2,3-5H3,(H,35,36)/t20-/m1/s1. The number of benzene rings is 1. The summed E-state index contributed by atoms with van der Waals surface area (Å²) >= 11 is 13.3. The Bertz CT molecular complexity index is 1490. The number of likely N-dealkylation sites (tertiary alicyclic amines) is 2. The Labute approximate surface area is 251 Å². The van der Waals surface area contributed by atoms with Gasteiger partial charge in [0, 0.05) is 73.6 Å². The first-order valence-corrected chi connectivity index (χ1v) is 15.0. The van der Waals surface area contributed by atoms with E-state index in [0.717, 1.165) is 54.0 Å². The summed E-state index contributed by atoms with van der Waals surface area (Å²) < 4.78 is 2.09. The summed E-state index contributed by atoms with van der Waals surface area (Å²) in [6.45, 7) is 17.5. The Hall–Kier alpha value is -2.94. The second-order valence-electron chi connectivity index (χ2n) is 12.3. The van der Waals surface area contributed by atoms with Crippen LogP contribution in [0.3, 0.4) is 0 Å². The number of rotatable bonds is 10. The molecule has 218 valence electrons. The molecule has 2 saturated heterocycles. The first kappa shape index (κ1) is 29.5. The van der Waals surface area contributed by atoms with E-state index in [1.165, 1.54) is 6.08 Å². The summed E-state index contributed by atoms with van der Waals surface area (Å²) in [4.78, 5) is 34.3. The maximum Gasteiger partial charge on any atom is 0.245 e. The van der Waals surface area contributed by atoms with E-state index in [2.05, 4.69) is 59.7 Å². The van der Waals surface area contributed by atoms with Crippen LogP contribution in [0.25, 0.3) is 10.9 Å². The molecular formula is C31H38Cl2N6O2. The number of carbonyl (C=O) groups is 2. The number of Topliss-reactive ketones (excluding diaryl/α,β-unsaturated/α-hetero) is 1.